The third-order valence-electron chi connectivity index (χ3n) is 3.31. The minimum atomic E-state index is -2.29. The Bertz CT molecular complexity index is 649. The van der Waals surface area contributed by atoms with E-state index in [2.05, 4.69) is 0 Å². The quantitative estimate of drug-likeness (QED) is 0.694. The largest absolute Gasteiger partial charge is 0.373 e. The van der Waals surface area contributed by atoms with E-state index >= 15 is 0 Å². The summed E-state index contributed by atoms with van der Waals surface area (Å²) in [6, 6.07) is 15.5. The highest BCUT2D eigenvalue weighted by Gasteiger charge is 2.45. The van der Waals surface area contributed by atoms with Gasteiger partial charge in [-0.15, -0.1) is 0 Å². The highest BCUT2D eigenvalue weighted by Crippen LogP contribution is 2.57. The molecule has 0 heterocycles. The minimum Gasteiger partial charge on any atom is -0.373 e. The summed E-state index contributed by atoms with van der Waals surface area (Å²) in [5, 5.41) is 9.52. The van der Waals surface area contributed by atoms with Crippen LogP contribution in [0.2, 0.25) is 0 Å². The van der Waals surface area contributed by atoms with Gasteiger partial charge in [0.2, 0.25) is 5.78 Å². The van der Waals surface area contributed by atoms with Crippen LogP contribution in [0.5, 0.6) is 0 Å². The molecule has 0 bridgehead atoms. The molecule has 1 N–H and O–H groups in total. The van der Waals surface area contributed by atoms with E-state index in [9.17, 15) is 9.90 Å². The molecule has 104 valence electrons. The standard InChI is InChI=1S/C16H17O2PS/c1-19(2,20)16(18,14-11-7-4-8-12-14)15(17)13-9-5-3-6-10-13/h3-12,18H,1-2H3. The van der Waals surface area contributed by atoms with Gasteiger partial charge in [-0.1, -0.05) is 72.5 Å². The van der Waals surface area contributed by atoms with E-state index in [1.165, 1.54) is 0 Å². The molecule has 2 rings (SSSR count). The first-order valence-corrected chi connectivity index (χ1v) is 10.00. The van der Waals surface area contributed by atoms with Crippen LogP contribution < -0.4 is 0 Å². The van der Waals surface area contributed by atoms with Crippen molar-refractivity contribution in [2.24, 2.45) is 0 Å². The molecule has 1 unspecified atom stereocenters. The van der Waals surface area contributed by atoms with Crippen LogP contribution in [0.3, 0.4) is 0 Å². The van der Waals surface area contributed by atoms with Gasteiger partial charge in [-0.05, 0) is 24.9 Å². The number of aliphatic hydroxyl groups is 1. The lowest BCUT2D eigenvalue weighted by atomic mass is 9.99. The van der Waals surface area contributed by atoms with Crippen LogP contribution in [-0.2, 0) is 17.1 Å². The summed E-state index contributed by atoms with van der Waals surface area (Å²) < 4.78 is 0. The molecule has 2 aromatic rings. The van der Waals surface area contributed by atoms with Gasteiger partial charge in [-0.3, -0.25) is 4.79 Å². The Kier molecular flexibility index (Phi) is 4.24. The summed E-state index contributed by atoms with van der Waals surface area (Å²) in [5.74, 6) is -0.322. The average molecular weight is 304 g/mol. The van der Waals surface area contributed by atoms with E-state index in [-0.39, 0.29) is 5.78 Å². The van der Waals surface area contributed by atoms with E-state index in [1.54, 1.807) is 49.7 Å². The van der Waals surface area contributed by atoms with Gasteiger partial charge in [0, 0.05) is 5.56 Å². The van der Waals surface area contributed by atoms with Crippen LogP contribution >= 0.6 is 6.04 Å². The van der Waals surface area contributed by atoms with Crippen LogP contribution in [-0.4, -0.2) is 24.2 Å². The fraction of sp³-hybridized carbons (Fsp3) is 0.188. The van der Waals surface area contributed by atoms with Gasteiger partial charge >= 0.3 is 0 Å². The third-order valence-corrected chi connectivity index (χ3v) is 6.12. The van der Waals surface area contributed by atoms with Crippen molar-refractivity contribution in [2.75, 3.05) is 13.3 Å². The fourth-order valence-corrected chi connectivity index (χ4v) is 4.10. The number of carbonyl (C=O) groups excluding carboxylic acids is 1. The molecular weight excluding hydrogens is 287 g/mol. The number of ketones is 1. The van der Waals surface area contributed by atoms with Crippen molar-refractivity contribution < 1.29 is 9.90 Å². The molecule has 0 amide bonds. The number of Topliss-reactive ketones (excluding diaryl/α,β-unsaturated/α-hetero) is 1. The van der Waals surface area contributed by atoms with E-state index in [0.717, 1.165) is 0 Å². The molecule has 0 aliphatic heterocycles. The lowest BCUT2D eigenvalue weighted by molar-refractivity contribution is 0.0642. The zero-order valence-corrected chi connectivity index (χ0v) is 13.2. The second-order valence-corrected chi connectivity index (χ2v) is 11.2. The van der Waals surface area contributed by atoms with Crippen LogP contribution in [0.25, 0.3) is 0 Å². The lowest BCUT2D eigenvalue weighted by Gasteiger charge is -2.34. The highest BCUT2D eigenvalue weighted by atomic mass is 32.4. The van der Waals surface area contributed by atoms with Gasteiger partial charge in [-0.2, -0.15) is 0 Å². The number of carbonyl (C=O) groups is 1. The Balaban J connectivity index is 2.61. The summed E-state index contributed by atoms with van der Waals surface area (Å²) >= 11 is 5.52. The SMILES string of the molecule is CP(C)(=S)C(O)(C(=O)c1ccccc1)c1ccccc1. The molecule has 4 heteroatoms. The molecule has 2 nitrogen and oxygen atoms in total. The summed E-state index contributed by atoms with van der Waals surface area (Å²) in [6.07, 6.45) is 0. The van der Waals surface area contributed by atoms with Gasteiger partial charge < -0.3 is 5.11 Å². The number of hydrogen-bond donors (Lipinski definition) is 1. The number of benzene rings is 2. The molecule has 0 aliphatic carbocycles. The topological polar surface area (TPSA) is 37.3 Å². The van der Waals surface area contributed by atoms with Gasteiger partial charge in [0.15, 0.2) is 5.34 Å². The Labute approximate surface area is 124 Å². The number of rotatable bonds is 4. The zero-order chi connectivity index (χ0) is 14.8. The van der Waals surface area contributed by atoms with E-state index in [0.29, 0.717) is 11.1 Å². The first-order chi connectivity index (χ1) is 9.37. The Morgan fingerprint density at radius 1 is 1.00 bits per heavy atom. The molecule has 0 saturated carbocycles. The maximum atomic E-state index is 12.8. The van der Waals surface area contributed by atoms with Crippen molar-refractivity contribution in [1.29, 1.82) is 0 Å². The summed E-state index contributed by atoms with van der Waals surface area (Å²) in [6.45, 7) is 3.60. The smallest absolute Gasteiger partial charge is 0.204 e. The minimum absolute atomic E-state index is 0.322. The predicted molar refractivity (Wildman–Crippen MR) is 87.2 cm³/mol. The second kappa shape index (κ2) is 5.61. The molecule has 0 saturated heterocycles. The molecule has 20 heavy (non-hydrogen) atoms. The monoisotopic (exact) mass is 304 g/mol. The molecule has 0 radical (unpaired) electrons. The number of hydrogen-bond acceptors (Lipinski definition) is 3. The molecule has 0 fully saturated rings. The first-order valence-electron chi connectivity index (χ1n) is 6.30. The van der Waals surface area contributed by atoms with Gasteiger partial charge in [-0.25, -0.2) is 0 Å². The van der Waals surface area contributed by atoms with Crippen molar-refractivity contribution in [1.82, 2.24) is 0 Å². The normalized spacial score (nSPS) is 14.6. The maximum Gasteiger partial charge on any atom is 0.204 e. The summed E-state index contributed by atoms with van der Waals surface area (Å²) in [7, 11) is 0. The van der Waals surface area contributed by atoms with Crippen molar-refractivity contribution in [2.45, 2.75) is 5.34 Å². The van der Waals surface area contributed by atoms with Gasteiger partial charge in [0.25, 0.3) is 0 Å². The highest BCUT2D eigenvalue weighted by molar-refractivity contribution is 8.14. The molecule has 0 aliphatic rings. The Hall–Kier alpha value is -1.28. The Morgan fingerprint density at radius 3 is 1.90 bits per heavy atom. The van der Waals surface area contributed by atoms with Crippen LogP contribution in [0, 0.1) is 0 Å². The van der Waals surface area contributed by atoms with Crippen LogP contribution in [0.4, 0.5) is 0 Å². The summed E-state index contributed by atoms with van der Waals surface area (Å²) in [5.41, 5.74) is 1.05. The van der Waals surface area contributed by atoms with Crippen molar-refractivity contribution >= 4 is 23.6 Å². The van der Waals surface area contributed by atoms with Crippen molar-refractivity contribution in [3.8, 4) is 0 Å². The fourth-order valence-electron chi connectivity index (χ4n) is 2.15. The van der Waals surface area contributed by atoms with E-state index in [4.69, 9.17) is 11.8 Å². The van der Waals surface area contributed by atoms with Crippen LogP contribution in [0.15, 0.2) is 60.7 Å². The Morgan fingerprint density at radius 2 is 1.45 bits per heavy atom. The average Bonchev–Trinajstić information content (AvgIpc) is 2.46. The van der Waals surface area contributed by atoms with Crippen molar-refractivity contribution in [3.05, 3.63) is 71.8 Å². The van der Waals surface area contributed by atoms with E-state index in [1.807, 2.05) is 24.3 Å². The molecule has 0 aromatic heterocycles. The van der Waals surface area contributed by atoms with Crippen LogP contribution in [0.1, 0.15) is 15.9 Å². The van der Waals surface area contributed by atoms with Gasteiger partial charge in [0.05, 0.1) is 0 Å². The first kappa shape index (κ1) is 15.1. The third kappa shape index (κ3) is 2.62. The van der Waals surface area contributed by atoms with Gasteiger partial charge in [0.1, 0.15) is 0 Å². The zero-order valence-electron chi connectivity index (χ0n) is 11.5. The molecule has 1 atom stereocenters. The second-order valence-electron chi connectivity index (χ2n) is 5.08. The lowest BCUT2D eigenvalue weighted by Crippen LogP contribution is -2.35. The maximum absolute atomic E-state index is 12.8. The van der Waals surface area contributed by atoms with E-state index < -0.39 is 11.4 Å². The summed E-state index contributed by atoms with van der Waals surface area (Å²) in [4.78, 5) is 12.8. The predicted octanol–water partition coefficient (Wildman–Crippen LogP) is 3.45. The molecule has 0 spiro atoms. The molecular formula is C16H17O2PS. The van der Waals surface area contributed by atoms with Crippen molar-refractivity contribution in [3.63, 3.8) is 0 Å². The molecule has 2 aromatic carbocycles.